The third-order valence-electron chi connectivity index (χ3n) is 5.17. The van der Waals surface area contributed by atoms with E-state index in [0.717, 1.165) is 18.4 Å². The summed E-state index contributed by atoms with van der Waals surface area (Å²) in [5.74, 6) is -2.90. The van der Waals surface area contributed by atoms with Crippen molar-refractivity contribution in [3.63, 3.8) is 0 Å². The smallest absolute Gasteiger partial charge is 0.406 e. The van der Waals surface area contributed by atoms with E-state index in [4.69, 9.17) is 0 Å². The van der Waals surface area contributed by atoms with Gasteiger partial charge in [0.2, 0.25) is 0 Å². The minimum Gasteiger partial charge on any atom is -0.503 e. The highest BCUT2D eigenvalue weighted by Crippen LogP contribution is 2.33. The number of amides is 2. The van der Waals surface area contributed by atoms with Crippen molar-refractivity contribution < 1.29 is 32.3 Å². The number of nitrogens with zero attached hydrogens (tertiary/aromatic N) is 1. The SMILES string of the molecule is O=C(NC1CCC(c2ccc(F)cc2)CC1)C1=C(O)C(=O)N(CC(F)(F)F)C1. The fourth-order valence-corrected chi connectivity index (χ4v) is 3.72. The molecule has 1 aliphatic heterocycles. The van der Waals surface area contributed by atoms with Crippen LogP contribution in [0, 0.1) is 5.82 Å². The van der Waals surface area contributed by atoms with Gasteiger partial charge in [-0.15, -0.1) is 0 Å². The molecule has 0 spiro atoms. The highest BCUT2D eigenvalue weighted by molar-refractivity contribution is 6.07. The van der Waals surface area contributed by atoms with Crippen LogP contribution in [-0.2, 0) is 9.59 Å². The molecule has 0 unspecified atom stereocenters. The van der Waals surface area contributed by atoms with Crippen LogP contribution in [0.4, 0.5) is 17.6 Å². The van der Waals surface area contributed by atoms with E-state index in [1.807, 2.05) is 0 Å². The lowest BCUT2D eigenvalue weighted by molar-refractivity contribution is -0.157. The number of carbonyl (C=O) groups excluding carboxylic acids is 2. The van der Waals surface area contributed by atoms with Gasteiger partial charge in [0, 0.05) is 6.04 Å². The fraction of sp³-hybridized carbons (Fsp3) is 0.474. The van der Waals surface area contributed by atoms with Crippen molar-refractivity contribution in [3.8, 4) is 0 Å². The number of alkyl halides is 3. The quantitative estimate of drug-likeness (QED) is 0.763. The number of nitrogens with one attached hydrogen (secondary N) is 1. The largest absolute Gasteiger partial charge is 0.503 e. The Labute approximate surface area is 159 Å². The van der Waals surface area contributed by atoms with Crippen molar-refractivity contribution >= 4 is 11.8 Å². The molecular formula is C19H20F4N2O3. The van der Waals surface area contributed by atoms with Crippen LogP contribution in [0.2, 0.25) is 0 Å². The van der Waals surface area contributed by atoms with Gasteiger partial charge in [0.25, 0.3) is 11.8 Å². The van der Waals surface area contributed by atoms with E-state index in [1.54, 1.807) is 12.1 Å². The molecule has 28 heavy (non-hydrogen) atoms. The van der Waals surface area contributed by atoms with Crippen LogP contribution >= 0.6 is 0 Å². The molecule has 9 heteroatoms. The summed E-state index contributed by atoms with van der Waals surface area (Å²) < 4.78 is 50.5. The highest BCUT2D eigenvalue weighted by atomic mass is 19.4. The molecule has 2 N–H and O–H groups in total. The maximum absolute atomic E-state index is 13.0. The summed E-state index contributed by atoms with van der Waals surface area (Å²) in [6.07, 6.45) is -1.80. The summed E-state index contributed by atoms with van der Waals surface area (Å²) in [6.45, 7) is -2.09. The zero-order chi connectivity index (χ0) is 20.5. The average molecular weight is 400 g/mol. The van der Waals surface area contributed by atoms with E-state index in [9.17, 15) is 32.3 Å². The van der Waals surface area contributed by atoms with Crippen molar-refractivity contribution in [1.29, 1.82) is 0 Å². The Kier molecular flexibility index (Phi) is 5.62. The molecule has 0 atom stereocenters. The average Bonchev–Trinajstić information content (AvgIpc) is 2.90. The minimum atomic E-state index is -4.61. The molecule has 5 nitrogen and oxygen atoms in total. The van der Waals surface area contributed by atoms with Crippen molar-refractivity contribution in [3.05, 3.63) is 47.0 Å². The third-order valence-corrected chi connectivity index (χ3v) is 5.17. The molecule has 1 saturated carbocycles. The molecule has 3 rings (SSSR count). The summed E-state index contributed by atoms with van der Waals surface area (Å²) >= 11 is 0. The first kappa shape index (κ1) is 20.2. The molecule has 2 amide bonds. The Hall–Kier alpha value is -2.58. The number of benzene rings is 1. The van der Waals surface area contributed by atoms with E-state index in [2.05, 4.69) is 5.32 Å². The first-order valence-electron chi connectivity index (χ1n) is 8.98. The van der Waals surface area contributed by atoms with E-state index in [-0.39, 0.29) is 23.4 Å². The fourth-order valence-electron chi connectivity index (χ4n) is 3.72. The Bertz CT molecular complexity index is 781. The highest BCUT2D eigenvalue weighted by Gasteiger charge is 2.41. The molecular weight excluding hydrogens is 380 g/mol. The summed E-state index contributed by atoms with van der Waals surface area (Å²) in [5, 5.41) is 12.5. The second kappa shape index (κ2) is 7.81. The lowest BCUT2D eigenvalue weighted by Crippen LogP contribution is -2.40. The van der Waals surface area contributed by atoms with Crippen LogP contribution in [0.5, 0.6) is 0 Å². The van der Waals surface area contributed by atoms with E-state index in [0.29, 0.717) is 17.7 Å². The van der Waals surface area contributed by atoms with Crippen LogP contribution < -0.4 is 5.32 Å². The molecule has 152 valence electrons. The molecule has 1 aliphatic carbocycles. The van der Waals surface area contributed by atoms with Crippen molar-refractivity contribution in [1.82, 2.24) is 10.2 Å². The number of carbonyl (C=O) groups is 2. The van der Waals surface area contributed by atoms with Crippen molar-refractivity contribution in [2.45, 2.75) is 43.8 Å². The van der Waals surface area contributed by atoms with Gasteiger partial charge in [-0.3, -0.25) is 9.59 Å². The number of halogens is 4. The summed E-state index contributed by atoms with van der Waals surface area (Å²) in [5.41, 5.74) is 0.686. The predicted molar refractivity (Wildman–Crippen MR) is 91.8 cm³/mol. The van der Waals surface area contributed by atoms with Gasteiger partial charge >= 0.3 is 6.18 Å². The zero-order valence-electron chi connectivity index (χ0n) is 14.9. The lowest BCUT2D eigenvalue weighted by atomic mass is 9.81. The molecule has 1 aromatic carbocycles. The molecule has 1 fully saturated rings. The zero-order valence-corrected chi connectivity index (χ0v) is 14.9. The van der Waals surface area contributed by atoms with Crippen LogP contribution in [0.15, 0.2) is 35.6 Å². The number of hydrogen-bond donors (Lipinski definition) is 2. The second-order valence-electron chi connectivity index (χ2n) is 7.18. The first-order valence-corrected chi connectivity index (χ1v) is 8.98. The van der Waals surface area contributed by atoms with E-state index >= 15 is 0 Å². The minimum absolute atomic E-state index is 0.198. The van der Waals surface area contributed by atoms with Crippen molar-refractivity contribution in [2.24, 2.45) is 0 Å². The van der Waals surface area contributed by atoms with Gasteiger partial charge in [-0.2, -0.15) is 13.2 Å². The molecule has 0 saturated heterocycles. The van der Waals surface area contributed by atoms with Gasteiger partial charge in [0.15, 0.2) is 5.76 Å². The molecule has 2 aliphatic rings. The molecule has 0 bridgehead atoms. The third kappa shape index (κ3) is 4.63. The summed E-state index contributed by atoms with van der Waals surface area (Å²) in [6, 6.07) is 6.09. The van der Waals surface area contributed by atoms with Crippen molar-refractivity contribution in [2.75, 3.05) is 13.1 Å². The van der Waals surface area contributed by atoms with Gasteiger partial charge in [0.05, 0.1) is 12.1 Å². The topological polar surface area (TPSA) is 69.6 Å². The number of rotatable bonds is 4. The molecule has 0 aromatic heterocycles. The van der Waals surface area contributed by atoms with Gasteiger partial charge in [-0.05, 0) is 49.3 Å². The Morgan fingerprint density at radius 3 is 2.32 bits per heavy atom. The Balaban J connectivity index is 1.54. The lowest BCUT2D eigenvalue weighted by Gasteiger charge is -2.29. The molecule has 1 heterocycles. The number of aliphatic hydroxyl groups excluding tert-OH is 1. The Morgan fingerprint density at radius 1 is 1.14 bits per heavy atom. The predicted octanol–water partition coefficient (Wildman–Crippen LogP) is 3.18. The van der Waals surface area contributed by atoms with Crippen LogP contribution in [-0.4, -0.2) is 47.1 Å². The van der Waals surface area contributed by atoms with Gasteiger partial charge < -0.3 is 15.3 Å². The Morgan fingerprint density at radius 2 is 1.75 bits per heavy atom. The standard InChI is InChI=1S/C19H20F4N2O3/c20-13-5-1-11(2-6-13)12-3-7-14(8-4-12)24-17(27)15-9-25(10-19(21,22)23)18(28)16(15)26/h1-2,5-6,12,14,26H,3-4,7-10H2,(H,24,27). The van der Waals surface area contributed by atoms with Crippen LogP contribution in [0.1, 0.15) is 37.2 Å². The normalized spacial score (nSPS) is 23.3. The first-order chi connectivity index (χ1) is 13.1. The monoisotopic (exact) mass is 400 g/mol. The van der Waals surface area contributed by atoms with E-state index < -0.39 is 36.8 Å². The summed E-state index contributed by atoms with van der Waals surface area (Å²) in [7, 11) is 0. The van der Waals surface area contributed by atoms with Gasteiger partial charge in [-0.25, -0.2) is 4.39 Å². The number of hydrogen-bond acceptors (Lipinski definition) is 3. The van der Waals surface area contributed by atoms with Crippen LogP contribution in [0.3, 0.4) is 0 Å². The van der Waals surface area contributed by atoms with Gasteiger partial charge in [-0.1, -0.05) is 12.1 Å². The van der Waals surface area contributed by atoms with Crippen LogP contribution in [0.25, 0.3) is 0 Å². The summed E-state index contributed by atoms with van der Waals surface area (Å²) in [4.78, 5) is 24.5. The molecule has 0 radical (unpaired) electrons. The molecule has 1 aromatic rings. The van der Waals surface area contributed by atoms with E-state index in [1.165, 1.54) is 12.1 Å². The van der Waals surface area contributed by atoms with Gasteiger partial charge in [0.1, 0.15) is 12.4 Å². The maximum Gasteiger partial charge on any atom is 0.406 e. The second-order valence-corrected chi connectivity index (χ2v) is 7.18. The number of aliphatic hydroxyl groups is 1. The maximum atomic E-state index is 13.0.